The largest absolute Gasteiger partial charge is 0.308 e. The highest BCUT2D eigenvalue weighted by Gasteiger charge is 2.27. The van der Waals surface area contributed by atoms with E-state index in [0.29, 0.717) is 0 Å². The van der Waals surface area contributed by atoms with E-state index in [9.17, 15) is 0 Å². The van der Waals surface area contributed by atoms with Gasteiger partial charge < -0.3 is 5.32 Å². The first kappa shape index (κ1) is 14.8. The molecule has 3 nitrogen and oxygen atoms in total. The van der Waals surface area contributed by atoms with Gasteiger partial charge in [-0.15, -0.1) is 0 Å². The van der Waals surface area contributed by atoms with Gasteiger partial charge in [0.1, 0.15) is 0 Å². The Kier molecular flexibility index (Phi) is 4.61. The third-order valence-corrected chi connectivity index (χ3v) is 3.39. The number of nitrogens with one attached hydrogen (secondary N) is 1. The lowest BCUT2D eigenvalue weighted by Gasteiger charge is -2.30. The van der Waals surface area contributed by atoms with Crippen molar-refractivity contribution < 1.29 is 0 Å². The number of benzene rings is 1. The van der Waals surface area contributed by atoms with E-state index in [0.717, 1.165) is 24.3 Å². The van der Waals surface area contributed by atoms with Crippen molar-refractivity contribution in [2.24, 2.45) is 5.41 Å². The molecule has 0 aliphatic carbocycles. The lowest BCUT2D eigenvalue weighted by atomic mass is 9.85. The monoisotopic (exact) mass is 271 g/mol. The van der Waals surface area contributed by atoms with Crippen molar-refractivity contribution in [3.8, 4) is 5.69 Å². The van der Waals surface area contributed by atoms with Crippen LogP contribution in [0.5, 0.6) is 0 Å². The van der Waals surface area contributed by atoms with Crippen LogP contribution in [0.4, 0.5) is 0 Å². The van der Waals surface area contributed by atoms with Gasteiger partial charge in [-0.05, 0) is 36.6 Å². The second-order valence-corrected chi connectivity index (χ2v) is 6.27. The van der Waals surface area contributed by atoms with Crippen LogP contribution in [0.15, 0.2) is 42.6 Å². The van der Waals surface area contributed by atoms with Gasteiger partial charge >= 0.3 is 0 Å². The summed E-state index contributed by atoms with van der Waals surface area (Å²) >= 11 is 0. The minimum absolute atomic E-state index is 0.144. The molecule has 0 saturated heterocycles. The molecule has 108 valence electrons. The van der Waals surface area contributed by atoms with Gasteiger partial charge in [-0.3, -0.25) is 0 Å². The van der Waals surface area contributed by atoms with E-state index in [2.05, 4.69) is 51.2 Å². The molecule has 0 aliphatic rings. The molecule has 1 heterocycles. The summed E-state index contributed by atoms with van der Waals surface area (Å²) < 4.78 is 1.95. The van der Waals surface area contributed by atoms with Gasteiger partial charge in [-0.25, -0.2) is 4.68 Å². The Morgan fingerprint density at radius 3 is 2.45 bits per heavy atom. The van der Waals surface area contributed by atoms with Crippen molar-refractivity contribution in [3.05, 3.63) is 48.3 Å². The number of para-hydroxylation sites is 1. The third-order valence-electron chi connectivity index (χ3n) is 3.39. The van der Waals surface area contributed by atoms with Gasteiger partial charge in [0, 0.05) is 6.20 Å². The number of hydrogen-bond donors (Lipinski definition) is 1. The Morgan fingerprint density at radius 2 is 1.85 bits per heavy atom. The number of aromatic nitrogens is 2. The van der Waals surface area contributed by atoms with Crippen LogP contribution in [0.3, 0.4) is 0 Å². The summed E-state index contributed by atoms with van der Waals surface area (Å²) in [6.45, 7) is 9.96. The predicted molar refractivity (Wildman–Crippen MR) is 84.1 cm³/mol. The number of hydrogen-bond acceptors (Lipinski definition) is 2. The maximum Gasteiger partial charge on any atom is 0.0803 e. The van der Waals surface area contributed by atoms with Crippen LogP contribution >= 0.6 is 0 Å². The van der Waals surface area contributed by atoms with E-state index in [1.54, 1.807) is 0 Å². The summed E-state index contributed by atoms with van der Waals surface area (Å²) in [6, 6.07) is 12.6. The minimum atomic E-state index is 0.144. The molecule has 1 N–H and O–H groups in total. The molecular weight excluding hydrogens is 246 g/mol. The van der Waals surface area contributed by atoms with E-state index in [4.69, 9.17) is 5.10 Å². The average Bonchev–Trinajstić information content (AvgIpc) is 2.88. The summed E-state index contributed by atoms with van der Waals surface area (Å²) in [6.07, 6.45) is 3.17. The van der Waals surface area contributed by atoms with E-state index in [1.165, 1.54) is 0 Å². The summed E-state index contributed by atoms with van der Waals surface area (Å²) in [5, 5.41) is 8.37. The smallest absolute Gasteiger partial charge is 0.0803 e. The van der Waals surface area contributed by atoms with E-state index >= 15 is 0 Å². The van der Waals surface area contributed by atoms with Gasteiger partial charge in [-0.1, -0.05) is 45.9 Å². The molecule has 0 fully saturated rings. The fourth-order valence-electron chi connectivity index (χ4n) is 2.36. The number of nitrogens with zero attached hydrogens (tertiary/aromatic N) is 2. The molecule has 1 aromatic carbocycles. The zero-order valence-corrected chi connectivity index (χ0v) is 12.9. The van der Waals surface area contributed by atoms with E-state index in [1.807, 2.05) is 29.1 Å². The molecule has 2 rings (SSSR count). The van der Waals surface area contributed by atoms with Crippen LogP contribution in [0, 0.1) is 5.41 Å². The zero-order chi connectivity index (χ0) is 14.6. The Bertz CT molecular complexity index is 523. The first-order valence-corrected chi connectivity index (χ1v) is 7.36. The molecule has 0 bridgehead atoms. The molecule has 1 unspecified atom stereocenters. The van der Waals surface area contributed by atoms with Crippen molar-refractivity contribution in [1.82, 2.24) is 15.1 Å². The summed E-state index contributed by atoms with van der Waals surface area (Å²) in [5.41, 5.74) is 2.35. The first-order chi connectivity index (χ1) is 9.52. The van der Waals surface area contributed by atoms with Crippen molar-refractivity contribution in [2.75, 3.05) is 6.54 Å². The molecule has 1 aromatic heterocycles. The normalized spacial score (nSPS) is 13.4. The maximum atomic E-state index is 4.75. The van der Waals surface area contributed by atoms with Crippen molar-refractivity contribution in [1.29, 1.82) is 0 Å². The summed E-state index contributed by atoms with van der Waals surface area (Å²) in [5.74, 6) is 0. The molecular formula is C17H25N3. The highest BCUT2D eigenvalue weighted by Crippen LogP contribution is 2.31. The first-order valence-electron chi connectivity index (χ1n) is 7.36. The van der Waals surface area contributed by atoms with E-state index < -0.39 is 0 Å². The molecule has 0 radical (unpaired) electrons. The summed E-state index contributed by atoms with van der Waals surface area (Å²) in [4.78, 5) is 0. The second-order valence-electron chi connectivity index (χ2n) is 6.27. The Labute approximate surface area is 122 Å². The Morgan fingerprint density at radius 1 is 1.15 bits per heavy atom. The Balaban J connectivity index is 2.25. The van der Waals surface area contributed by atoms with Crippen LogP contribution < -0.4 is 5.32 Å². The van der Waals surface area contributed by atoms with Crippen molar-refractivity contribution >= 4 is 0 Å². The van der Waals surface area contributed by atoms with E-state index in [-0.39, 0.29) is 11.5 Å². The van der Waals surface area contributed by atoms with Crippen molar-refractivity contribution in [3.63, 3.8) is 0 Å². The summed E-state index contributed by atoms with van der Waals surface area (Å²) in [7, 11) is 0. The zero-order valence-electron chi connectivity index (χ0n) is 12.9. The molecule has 0 spiro atoms. The molecule has 1 atom stereocenters. The average molecular weight is 271 g/mol. The van der Waals surface area contributed by atoms with Gasteiger partial charge in [0.25, 0.3) is 0 Å². The fraction of sp³-hybridized carbons (Fsp3) is 0.471. The highest BCUT2D eigenvalue weighted by atomic mass is 15.3. The molecule has 0 aliphatic heterocycles. The standard InChI is InChI=1S/C17H25N3/c1-5-12-18-16(17(2,3)4)15-11-13-20(19-15)14-9-7-6-8-10-14/h6-11,13,16,18H,5,12H2,1-4H3. The second kappa shape index (κ2) is 6.23. The lowest BCUT2D eigenvalue weighted by molar-refractivity contribution is 0.267. The van der Waals surface area contributed by atoms with Crippen LogP contribution in [0.1, 0.15) is 45.9 Å². The molecule has 3 heteroatoms. The van der Waals surface area contributed by atoms with Crippen molar-refractivity contribution in [2.45, 2.75) is 40.2 Å². The highest BCUT2D eigenvalue weighted by molar-refractivity contribution is 5.30. The number of rotatable bonds is 5. The third kappa shape index (κ3) is 3.48. The molecule has 0 saturated carbocycles. The van der Waals surface area contributed by atoms with Gasteiger partial charge in [-0.2, -0.15) is 5.10 Å². The molecule has 20 heavy (non-hydrogen) atoms. The van der Waals surface area contributed by atoms with Crippen LogP contribution in [-0.2, 0) is 0 Å². The molecule has 2 aromatic rings. The quantitative estimate of drug-likeness (QED) is 0.892. The van der Waals surface area contributed by atoms with Gasteiger partial charge in [0.15, 0.2) is 0 Å². The van der Waals surface area contributed by atoms with Crippen LogP contribution in [-0.4, -0.2) is 16.3 Å². The fourth-order valence-corrected chi connectivity index (χ4v) is 2.36. The Hall–Kier alpha value is -1.61. The van der Waals surface area contributed by atoms with Gasteiger partial charge in [0.05, 0.1) is 17.4 Å². The lowest BCUT2D eigenvalue weighted by Crippen LogP contribution is -2.33. The molecule has 0 amide bonds. The topological polar surface area (TPSA) is 29.9 Å². The van der Waals surface area contributed by atoms with Gasteiger partial charge in [0.2, 0.25) is 0 Å². The van der Waals surface area contributed by atoms with Crippen LogP contribution in [0.2, 0.25) is 0 Å². The maximum absolute atomic E-state index is 4.75. The predicted octanol–water partition coefficient (Wildman–Crippen LogP) is 3.96. The SMILES string of the molecule is CCCNC(c1ccn(-c2ccccc2)n1)C(C)(C)C. The van der Waals surface area contributed by atoms with Crippen LogP contribution in [0.25, 0.3) is 5.69 Å². The minimum Gasteiger partial charge on any atom is -0.308 e.